The second-order valence-electron chi connectivity index (χ2n) is 9.32. The van der Waals surface area contributed by atoms with Gasteiger partial charge in [-0.3, -0.25) is 5.43 Å². The maximum absolute atomic E-state index is 4.88. The van der Waals surface area contributed by atoms with Gasteiger partial charge in [0.25, 0.3) is 0 Å². The molecule has 178 valence electrons. The van der Waals surface area contributed by atoms with E-state index in [4.69, 9.17) is 4.98 Å². The summed E-state index contributed by atoms with van der Waals surface area (Å²) < 4.78 is 2.49. The van der Waals surface area contributed by atoms with E-state index in [0.717, 1.165) is 46.4 Å². The first-order chi connectivity index (χ1) is 17.9. The zero-order valence-corrected chi connectivity index (χ0v) is 20.2. The average Bonchev–Trinajstić information content (AvgIpc) is 3.31. The molecule has 1 aliphatic carbocycles. The van der Waals surface area contributed by atoms with Gasteiger partial charge in [-0.05, 0) is 29.5 Å². The number of nitrogens with one attached hydrogen (secondary N) is 1. The van der Waals surface area contributed by atoms with Crippen LogP contribution in [0.3, 0.4) is 0 Å². The quantitative estimate of drug-likeness (QED) is 0.204. The van der Waals surface area contributed by atoms with Crippen LogP contribution in [0.4, 0.5) is 5.82 Å². The van der Waals surface area contributed by atoms with Crippen molar-refractivity contribution < 1.29 is 0 Å². The molecule has 1 aliphatic rings. The van der Waals surface area contributed by atoms with E-state index in [1.165, 1.54) is 30.5 Å². The molecule has 3 aromatic carbocycles. The third-order valence-corrected chi connectivity index (χ3v) is 7.02. The summed E-state index contributed by atoms with van der Waals surface area (Å²) in [6, 6.07) is 31.8. The molecule has 1 fully saturated rings. The molecule has 0 unspecified atom stereocenters. The van der Waals surface area contributed by atoms with Gasteiger partial charge in [0.2, 0.25) is 0 Å². The molecule has 0 spiro atoms. The van der Waals surface area contributed by atoms with Gasteiger partial charge in [-0.2, -0.15) is 5.10 Å². The molecule has 2 heterocycles. The Labute approximate surface area is 211 Å². The van der Waals surface area contributed by atoms with Crippen LogP contribution in [0.15, 0.2) is 102 Å². The maximum Gasteiger partial charge on any atom is 0.159 e. The topological polar surface area (TPSA) is 55.1 Å². The van der Waals surface area contributed by atoms with Crippen LogP contribution in [0.5, 0.6) is 0 Å². The number of hydrogen-bond donors (Lipinski definition) is 1. The Hall–Kier alpha value is -4.25. The molecular formula is C31H29N5. The van der Waals surface area contributed by atoms with Crippen LogP contribution in [-0.2, 0) is 0 Å². The number of hydrazone groups is 1. The van der Waals surface area contributed by atoms with Crippen molar-refractivity contribution >= 4 is 23.1 Å². The number of nitrogens with zero attached hydrogens (tertiary/aromatic N) is 4. The summed E-state index contributed by atoms with van der Waals surface area (Å²) in [6.45, 7) is 0. The van der Waals surface area contributed by atoms with Crippen LogP contribution >= 0.6 is 0 Å². The van der Waals surface area contributed by atoms with Crippen molar-refractivity contribution in [2.45, 2.75) is 38.1 Å². The molecule has 0 amide bonds. The fourth-order valence-corrected chi connectivity index (χ4v) is 5.39. The first-order valence-electron chi connectivity index (χ1n) is 12.7. The van der Waals surface area contributed by atoms with E-state index in [1.807, 2.05) is 36.5 Å². The molecule has 0 radical (unpaired) electrons. The highest BCUT2D eigenvalue weighted by Gasteiger charge is 2.28. The normalized spacial score (nSPS) is 14.4. The van der Waals surface area contributed by atoms with Crippen molar-refractivity contribution in [3.05, 3.63) is 103 Å². The number of benzene rings is 3. The Morgan fingerprint density at radius 3 is 2.08 bits per heavy atom. The first-order valence-corrected chi connectivity index (χ1v) is 12.7. The molecule has 5 aromatic rings. The number of aromatic nitrogens is 3. The molecule has 0 aliphatic heterocycles. The summed E-state index contributed by atoms with van der Waals surface area (Å²) >= 11 is 0. The van der Waals surface area contributed by atoms with Crippen LogP contribution in [0.2, 0.25) is 0 Å². The predicted molar refractivity (Wildman–Crippen MR) is 148 cm³/mol. The summed E-state index contributed by atoms with van der Waals surface area (Å²) in [5.74, 6) is 0.720. The lowest BCUT2D eigenvalue weighted by Crippen LogP contribution is -2.14. The van der Waals surface area contributed by atoms with Gasteiger partial charge in [-0.25, -0.2) is 9.97 Å². The molecule has 5 nitrogen and oxygen atoms in total. The standard InChI is InChI=1S/C31H29N5/c1-5-13-23(14-6-1)21-34-35-30-28-27(24-15-7-2-8-16-24)29(25-17-9-3-10-18-25)36(31(28)33-22-32-30)26-19-11-4-12-20-26/h1-3,5-10,13-18,21-22,26H,4,11-12,19-20H2,(H,32,33,35)/b34-21+. The Balaban J connectivity index is 1.60. The Morgan fingerprint density at radius 1 is 0.750 bits per heavy atom. The summed E-state index contributed by atoms with van der Waals surface area (Å²) in [5, 5.41) is 5.56. The molecular weight excluding hydrogens is 442 g/mol. The molecule has 0 saturated heterocycles. The summed E-state index contributed by atoms with van der Waals surface area (Å²) in [4.78, 5) is 9.54. The Morgan fingerprint density at radius 2 is 1.39 bits per heavy atom. The van der Waals surface area contributed by atoms with Gasteiger partial charge in [0.1, 0.15) is 12.0 Å². The fourth-order valence-electron chi connectivity index (χ4n) is 5.39. The third-order valence-electron chi connectivity index (χ3n) is 7.02. The van der Waals surface area contributed by atoms with Crippen molar-refractivity contribution in [2.75, 3.05) is 5.43 Å². The van der Waals surface area contributed by atoms with Gasteiger partial charge in [-0.15, -0.1) is 0 Å². The van der Waals surface area contributed by atoms with E-state index in [9.17, 15) is 0 Å². The molecule has 5 heteroatoms. The van der Waals surface area contributed by atoms with Crippen LogP contribution in [0.25, 0.3) is 33.4 Å². The fraction of sp³-hybridized carbons (Fsp3) is 0.194. The lowest BCUT2D eigenvalue weighted by atomic mass is 9.94. The minimum Gasteiger partial charge on any atom is -0.321 e. The van der Waals surface area contributed by atoms with E-state index in [0.29, 0.717) is 6.04 Å². The lowest BCUT2D eigenvalue weighted by Gasteiger charge is -2.26. The number of fused-ring (bicyclic) bond motifs is 1. The lowest BCUT2D eigenvalue weighted by molar-refractivity contribution is 0.362. The largest absolute Gasteiger partial charge is 0.321 e. The van der Waals surface area contributed by atoms with E-state index in [-0.39, 0.29) is 0 Å². The van der Waals surface area contributed by atoms with Crippen LogP contribution < -0.4 is 5.43 Å². The zero-order chi connectivity index (χ0) is 24.2. The van der Waals surface area contributed by atoms with E-state index in [1.54, 1.807) is 6.33 Å². The molecule has 6 rings (SSSR count). The van der Waals surface area contributed by atoms with Crippen molar-refractivity contribution in [1.29, 1.82) is 0 Å². The summed E-state index contributed by atoms with van der Waals surface area (Å²) in [6.07, 6.45) is 9.61. The smallest absolute Gasteiger partial charge is 0.159 e. The number of rotatable bonds is 6. The van der Waals surface area contributed by atoms with Crippen molar-refractivity contribution in [3.8, 4) is 22.4 Å². The van der Waals surface area contributed by atoms with Crippen LogP contribution in [0, 0.1) is 0 Å². The minimum absolute atomic E-state index is 0.407. The van der Waals surface area contributed by atoms with Gasteiger partial charge in [-0.1, -0.05) is 110 Å². The van der Waals surface area contributed by atoms with Crippen LogP contribution in [-0.4, -0.2) is 20.7 Å². The van der Waals surface area contributed by atoms with Gasteiger partial charge >= 0.3 is 0 Å². The minimum atomic E-state index is 0.407. The van der Waals surface area contributed by atoms with Gasteiger partial charge in [0.15, 0.2) is 5.82 Å². The second kappa shape index (κ2) is 10.2. The van der Waals surface area contributed by atoms with Crippen molar-refractivity contribution in [1.82, 2.24) is 14.5 Å². The molecule has 2 aromatic heterocycles. The maximum atomic E-state index is 4.88. The molecule has 0 bridgehead atoms. The average molecular weight is 472 g/mol. The van der Waals surface area contributed by atoms with Gasteiger partial charge < -0.3 is 4.57 Å². The van der Waals surface area contributed by atoms with Crippen molar-refractivity contribution in [2.24, 2.45) is 5.10 Å². The SMILES string of the molecule is C(=N\Nc1ncnc2c1c(-c1ccccc1)c(-c1ccccc1)n2C1CCCCC1)/c1ccccc1. The molecule has 0 atom stereocenters. The van der Waals surface area contributed by atoms with E-state index < -0.39 is 0 Å². The predicted octanol–water partition coefficient (Wildman–Crippen LogP) is 7.72. The van der Waals surface area contributed by atoms with Crippen LogP contribution in [0.1, 0.15) is 43.7 Å². The highest BCUT2D eigenvalue weighted by atomic mass is 15.3. The molecule has 1 N–H and O–H groups in total. The molecule has 36 heavy (non-hydrogen) atoms. The second-order valence-corrected chi connectivity index (χ2v) is 9.32. The van der Waals surface area contributed by atoms with Gasteiger partial charge in [0, 0.05) is 11.6 Å². The summed E-state index contributed by atoms with van der Waals surface area (Å²) in [7, 11) is 0. The van der Waals surface area contributed by atoms with E-state index >= 15 is 0 Å². The summed E-state index contributed by atoms with van der Waals surface area (Å²) in [5.41, 5.74) is 9.95. The Kier molecular flexibility index (Phi) is 6.28. The van der Waals surface area contributed by atoms with Crippen molar-refractivity contribution in [3.63, 3.8) is 0 Å². The number of hydrogen-bond acceptors (Lipinski definition) is 4. The molecule has 1 saturated carbocycles. The Bertz CT molecular complexity index is 1470. The highest BCUT2D eigenvalue weighted by molar-refractivity contribution is 6.08. The zero-order valence-electron chi connectivity index (χ0n) is 20.2. The van der Waals surface area contributed by atoms with Gasteiger partial charge in [0.05, 0.1) is 17.3 Å². The first kappa shape index (κ1) is 22.2. The third kappa shape index (κ3) is 4.29. The highest BCUT2D eigenvalue weighted by Crippen LogP contribution is 2.46. The monoisotopic (exact) mass is 471 g/mol. The van der Waals surface area contributed by atoms with E-state index in [2.05, 4.69) is 80.7 Å². The number of anilines is 1.